The van der Waals surface area contributed by atoms with Crippen LogP contribution in [0.5, 0.6) is 23.0 Å². The van der Waals surface area contributed by atoms with E-state index >= 15 is 0 Å². The largest absolute Gasteiger partial charge is 0.508 e. The van der Waals surface area contributed by atoms with E-state index in [1.54, 1.807) is 12.1 Å². The second-order valence-electron chi connectivity index (χ2n) is 8.05. The predicted molar refractivity (Wildman–Crippen MR) is 116 cm³/mol. The topological polar surface area (TPSA) is 87.0 Å². The van der Waals surface area contributed by atoms with Crippen LogP contribution in [0.15, 0.2) is 53.6 Å². The number of allylic oxidation sites excluding steroid dienone is 4. The van der Waals surface area contributed by atoms with Crippen molar-refractivity contribution in [2.24, 2.45) is 0 Å². The van der Waals surface area contributed by atoms with Gasteiger partial charge in [0, 0.05) is 12.1 Å². The third-order valence-electron chi connectivity index (χ3n) is 5.14. The van der Waals surface area contributed by atoms with Crippen LogP contribution in [-0.2, 0) is 6.42 Å². The predicted octanol–water partition coefficient (Wildman–Crippen LogP) is 5.75. The molecule has 0 bridgehead atoms. The summed E-state index contributed by atoms with van der Waals surface area (Å²) in [5.41, 5.74) is 4.09. The number of rotatable bonds is 6. The van der Waals surface area contributed by atoms with Gasteiger partial charge in [-0.3, -0.25) is 4.79 Å². The molecule has 1 heterocycles. The normalized spacial score (nSPS) is 16.0. The highest BCUT2D eigenvalue weighted by Gasteiger charge is 2.31. The molecule has 0 saturated heterocycles. The smallest absolute Gasteiger partial charge is 0.174 e. The summed E-state index contributed by atoms with van der Waals surface area (Å²) in [6, 6.07) is 7.67. The summed E-state index contributed by atoms with van der Waals surface area (Å²) in [5, 5.41) is 30.0. The highest BCUT2D eigenvalue weighted by Crippen LogP contribution is 2.42. The molecular weight excluding hydrogens is 380 g/mol. The Hall–Kier alpha value is -3.21. The Balaban J connectivity index is 1.79. The lowest BCUT2D eigenvalue weighted by atomic mass is 9.93. The zero-order valence-electron chi connectivity index (χ0n) is 17.6. The Kier molecular flexibility index (Phi) is 6.50. The van der Waals surface area contributed by atoms with Crippen molar-refractivity contribution in [2.75, 3.05) is 0 Å². The number of phenolic OH excluding ortho intramolecular Hbond substituents is 3. The summed E-state index contributed by atoms with van der Waals surface area (Å²) in [7, 11) is 0. The lowest BCUT2D eigenvalue weighted by Gasteiger charge is -2.26. The number of Topliss-reactive ketones (excluding diaryl/α,β-unsaturated/α-hetero) is 1. The molecule has 3 N–H and O–H groups in total. The highest BCUT2D eigenvalue weighted by atomic mass is 16.5. The van der Waals surface area contributed by atoms with Gasteiger partial charge in [-0.05, 0) is 63.3 Å². The monoisotopic (exact) mass is 408 g/mol. The fourth-order valence-electron chi connectivity index (χ4n) is 3.63. The minimum absolute atomic E-state index is 0.0765. The fraction of sp³-hybridized carbons (Fsp3) is 0.320. The van der Waals surface area contributed by atoms with Crippen LogP contribution >= 0.6 is 0 Å². The molecule has 0 spiro atoms. The first-order valence-corrected chi connectivity index (χ1v) is 10.1. The van der Waals surface area contributed by atoms with Crippen LogP contribution in [0.1, 0.15) is 67.6 Å². The van der Waals surface area contributed by atoms with Crippen molar-refractivity contribution >= 4 is 5.78 Å². The lowest BCUT2D eigenvalue weighted by Crippen LogP contribution is -2.20. The van der Waals surface area contributed by atoms with Crippen molar-refractivity contribution in [1.29, 1.82) is 0 Å². The molecule has 1 aliphatic heterocycles. The van der Waals surface area contributed by atoms with Gasteiger partial charge in [-0.2, -0.15) is 0 Å². The van der Waals surface area contributed by atoms with E-state index in [9.17, 15) is 20.1 Å². The Labute approximate surface area is 177 Å². The van der Waals surface area contributed by atoms with Crippen molar-refractivity contribution in [2.45, 2.75) is 52.6 Å². The third kappa shape index (κ3) is 5.03. The molecular formula is C25H28O5. The second kappa shape index (κ2) is 9.08. The summed E-state index contributed by atoms with van der Waals surface area (Å²) in [4.78, 5) is 12.5. The summed E-state index contributed by atoms with van der Waals surface area (Å²) in [6.07, 6.45) is 6.44. The number of ketones is 1. The summed E-state index contributed by atoms with van der Waals surface area (Å²) in [6.45, 7) is 6.20. The molecule has 0 saturated carbocycles. The number of phenols is 3. The van der Waals surface area contributed by atoms with E-state index in [-0.39, 0.29) is 40.8 Å². The van der Waals surface area contributed by atoms with E-state index in [2.05, 4.69) is 26.0 Å². The van der Waals surface area contributed by atoms with Gasteiger partial charge < -0.3 is 20.1 Å². The first-order valence-electron chi connectivity index (χ1n) is 10.1. The SMILES string of the molecule is CC(C)=CCCC=C(C)Cc1cc(C2CC(=O)c3c(O)cc(O)cc3O2)ccc1O. The van der Waals surface area contributed by atoms with Crippen LogP contribution < -0.4 is 4.74 Å². The van der Waals surface area contributed by atoms with Gasteiger partial charge in [-0.25, -0.2) is 0 Å². The second-order valence-corrected chi connectivity index (χ2v) is 8.05. The number of hydrogen-bond acceptors (Lipinski definition) is 5. The maximum Gasteiger partial charge on any atom is 0.174 e. The molecule has 5 nitrogen and oxygen atoms in total. The standard InChI is InChI=1S/C25H28O5/c1-15(2)6-4-5-7-16(3)10-18-11-17(8-9-20(18)27)23-14-22(29)25-21(28)12-19(26)13-24(25)30-23/h6-9,11-13,23,26-28H,4-5,10,14H2,1-3H3. The zero-order valence-corrected chi connectivity index (χ0v) is 17.6. The van der Waals surface area contributed by atoms with Crippen LogP contribution in [0.3, 0.4) is 0 Å². The fourth-order valence-corrected chi connectivity index (χ4v) is 3.63. The average molecular weight is 408 g/mol. The molecule has 2 aromatic rings. The molecule has 0 amide bonds. The average Bonchev–Trinajstić information content (AvgIpc) is 2.66. The van der Waals surface area contributed by atoms with Crippen molar-refractivity contribution in [1.82, 2.24) is 0 Å². The molecule has 2 aromatic carbocycles. The van der Waals surface area contributed by atoms with Gasteiger partial charge in [-0.1, -0.05) is 29.4 Å². The summed E-state index contributed by atoms with van der Waals surface area (Å²) >= 11 is 0. The van der Waals surface area contributed by atoms with Crippen molar-refractivity contribution < 1.29 is 24.9 Å². The molecule has 1 atom stereocenters. The first-order chi connectivity index (χ1) is 14.2. The molecule has 0 aliphatic carbocycles. The minimum Gasteiger partial charge on any atom is -0.508 e. The van der Waals surface area contributed by atoms with Crippen LogP contribution in [-0.4, -0.2) is 21.1 Å². The van der Waals surface area contributed by atoms with Crippen LogP contribution in [0, 0.1) is 0 Å². The third-order valence-corrected chi connectivity index (χ3v) is 5.14. The number of hydrogen-bond donors (Lipinski definition) is 3. The van der Waals surface area contributed by atoms with Gasteiger partial charge in [0.15, 0.2) is 5.78 Å². The van der Waals surface area contributed by atoms with E-state index in [0.29, 0.717) is 6.42 Å². The van der Waals surface area contributed by atoms with Crippen LogP contribution in [0.25, 0.3) is 0 Å². The van der Waals surface area contributed by atoms with Gasteiger partial charge in [0.25, 0.3) is 0 Å². The van der Waals surface area contributed by atoms with E-state index in [1.807, 2.05) is 13.0 Å². The minimum atomic E-state index is -0.549. The Bertz CT molecular complexity index is 1010. The van der Waals surface area contributed by atoms with Gasteiger partial charge >= 0.3 is 0 Å². The van der Waals surface area contributed by atoms with E-state index < -0.39 is 6.10 Å². The van der Waals surface area contributed by atoms with Crippen LogP contribution in [0.4, 0.5) is 0 Å². The van der Waals surface area contributed by atoms with Gasteiger partial charge in [0.2, 0.25) is 0 Å². The van der Waals surface area contributed by atoms with Crippen molar-refractivity contribution in [3.63, 3.8) is 0 Å². The van der Waals surface area contributed by atoms with Crippen LogP contribution in [0.2, 0.25) is 0 Å². The maximum atomic E-state index is 12.5. The van der Waals surface area contributed by atoms with E-state index in [4.69, 9.17) is 4.74 Å². The number of ether oxygens (including phenoxy) is 1. The Morgan fingerprint density at radius 2 is 1.77 bits per heavy atom. The van der Waals surface area contributed by atoms with Crippen molar-refractivity contribution in [3.8, 4) is 23.0 Å². The zero-order chi connectivity index (χ0) is 21.8. The molecule has 158 valence electrons. The van der Waals surface area contributed by atoms with Gasteiger partial charge in [0.05, 0.1) is 6.42 Å². The molecule has 0 aromatic heterocycles. The molecule has 30 heavy (non-hydrogen) atoms. The molecule has 3 rings (SSSR count). The summed E-state index contributed by atoms with van der Waals surface area (Å²) < 4.78 is 5.91. The number of carbonyl (C=O) groups is 1. The lowest BCUT2D eigenvalue weighted by molar-refractivity contribution is 0.0844. The molecule has 0 fully saturated rings. The highest BCUT2D eigenvalue weighted by molar-refractivity contribution is 6.02. The van der Waals surface area contributed by atoms with Gasteiger partial charge in [0.1, 0.15) is 34.7 Å². The summed E-state index contributed by atoms with van der Waals surface area (Å²) in [5.74, 6) is -0.329. The number of fused-ring (bicyclic) bond motifs is 1. The quantitative estimate of drug-likeness (QED) is 0.419. The van der Waals surface area contributed by atoms with Gasteiger partial charge in [-0.15, -0.1) is 0 Å². The maximum absolute atomic E-state index is 12.5. The van der Waals surface area contributed by atoms with Crippen molar-refractivity contribution in [3.05, 3.63) is 70.3 Å². The number of benzene rings is 2. The number of carbonyl (C=O) groups excluding carboxylic acids is 1. The molecule has 0 radical (unpaired) electrons. The number of unbranched alkanes of at least 4 members (excludes halogenated alkanes) is 1. The molecule has 5 heteroatoms. The molecule has 1 unspecified atom stereocenters. The number of aromatic hydroxyl groups is 3. The molecule has 1 aliphatic rings. The van der Waals surface area contributed by atoms with E-state index in [1.165, 1.54) is 11.6 Å². The Morgan fingerprint density at radius 3 is 2.50 bits per heavy atom. The Morgan fingerprint density at radius 1 is 1.03 bits per heavy atom. The van der Waals surface area contributed by atoms with E-state index in [0.717, 1.165) is 35.6 Å². The first kappa shape index (κ1) is 21.5.